The lowest BCUT2D eigenvalue weighted by Gasteiger charge is -2.02. The highest BCUT2D eigenvalue weighted by molar-refractivity contribution is 5.93. The summed E-state index contributed by atoms with van der Waals surface area (Å²) in [7, 11) is 0. The SMILES string of the molecule is O=C(NCCc1cccnc1)c1ccoc1. The Kier molecular flexibility index (Phi) is 3.33. The Morgan fingerprint density at radius 1 is 1.44 bits per heavy atom. The van der Waals surface area contributed by atoms with E-state index in [2.05, 4.69) is 10.3 Å². The predicted molar refractivity (Wildman–Crippen MR) is 59.0 cm³/mol. The number of carbonyl (C=O) groups excluding carboxylic acids is 1. The van der Waals surface area contributed by atoms with Crippen LogP contribution in [0.1, 0.15) is 15.9 Å². The number of furan rings is 1. The summed E-state index contributed by atoms with van der Waals surface area (Å²) in [5.74, 6) is -0.113. The van der Waals surface area contributed by atoms with Gasteiger partial charge in [0.15, 0.2) is 0 Å². The summed E-state index contributed by atoms with van der Waals surface area (Å²) in [5.41, 5.74) is 1.65. The van der Waals surface area contributed by atoms with Gasteiger partial charge in [-0.1, -0.05) is 6.07 Å². The van der Waals surface area contributed by atoms with E-state index in [9.17, 15) is 4.79 Å². The third-order valence-corrected chi connectivity index (χ3v) is 2.21. The van der Waals surface area contributed by atoms with Gasteiger partial charge in [-0.05, 0) is 24.1 Å². The maximum atomic E-state index is 11.5. The highest BCUT2D eigenvalue weighted by Gasteiger charge is 2.05. The Labute approximate surface area is 93.3 Å². The fourth-order valence-electron chi connectivity index (χ4n) is 1.36. The van der Waals surface area contributed by atoms with E-state index < -0.39 is 0 Å². The van der Waals surface area contributed by atoms with Gasteiger partial charge in [-0.3, -0.25) is 9.78 Å². The molecule has 2 rings (SSSR count). The first-order chi connectivity index (χ1) is 7.86. The van der Waals surface area contributed by atoms with Gasteiger partial charge in [-0.25, -0.2) is 0 Å². The molecule has 0 aliphatic carbocycles. The van der Waals surface area contributed by atoms with Gasteiger partial charge in [0.25, 0.3) is 5.91 Å². The third-order valence-electron chi connectivity index (χ3n) is 2.21. The number of nitrogens with zero attached hydrogens (tertiary/aromatic N) is 1. The van der Waals surface area contributed by atoms with E-state index in [4.69, 9.17) is 4.42 Å². The van der Waals surface area contributed by atoms with Crippen molar-refractivity contribution in [1.29, 1.82) is 0 Å². The molecule has 0 bridgehead atoms. The lowest BCUT2D eigenvalue weighted by Crippen LogP contribution is -2.25. The molecule has 0 aliphatic heterocycles. The number of hydrogen-bond donors (Lipinski definition) is 1. The Balaban J connectivity index is 1.79. The minimum absolute atomic E-state index is 0.113. The van der Waals surface area contributed by atoms with E-state index in [0.29, 0.717) is 12.1 Å². The predicted octanol–water partition coefficient (Wildman–Crippen LogP) is 1.65. The van der Waals surface area contributed by atoms with Crippen LogP contribution in [0.5, 0.6) is 0 Å². The molecule has 2 heterocycles. The maximum absolute atomic E-state index is 11.5. The molecule has 0 unspecified atom stereocenters. The second-order valence-corrected chi connectivity index (χ2v) is 3.38. The monoisotopic (exact) mass is 216 g/mol. The van der Waals surface area contributed by atoms with Crippen LogP contribution < -0.4 is 5.32 Å². The smallest absolute Gasteiger partial charge is 0.254 e. The van der Waals surface area contributed by atoms with Gasteiger partial charge in [-0.2, -0.15) is 0 Å². The lowest BCUT2D eigenvalue weighted by atomic mass is 10.2. The van der Waals surface area contributed by atoms with Crippen molar-refractivity contribution in [3.05, 3.63) is 54.2 Å². The summed E-state index contributed by atoms with van der Waals surface area (Å²) in [4.78, 5) is 15.5. The molecule has 1 amide bonds. The van der Waals surface area contributed by atoms with E-state index in [0.717, 1.165) is 12.0 Å². The number of aromatic nitrogens is 1. The highest BCUT2D eigenvalue weighted by Crippen LogP contribution is 2.00. The second-order valence-electron chi connectivity index (χ2n) is 3.38. The summed E-state index contributed by atoms with van der Waals surface area (Å²) >= 11 is 0. The Bertz CT molecular complexity index is 437. The Morgan fingerprint density at radius 2 is 2.38 bits per heavy atom. The molecule has 1 N–H and O–H groups in total. The maximum Gasteiger partial charge on any atom is 0.254 e. The summed E-state index contributed by atoms with van der Waals surface area (Å²) in [6.07, 6.45) is 7.21. The number of rotatable bonds is 4. The van der Waals surface area contributed by atoms with Crippen LogP contribution in [-0.4, -0.2) is 17.4 Å². The van der Waals surface area contributed by atoms with Crippen molar-refractivity contribution in [1.82, 2.24) is 10.3 Å². The summed E-state index contributed by atoms with van der Waals surface area (Å²) in [5, 5.41) is 2.81. The van der Waals surface area contributed by atoms with Crippen LogP contribution in [0.4, 0.5) is 0 Å². The van der Waals surface area contributed by atoms with Crippen molar-refractivity contribution in [2.75, 3.05) is 6.54 Å². The van der Waals surface area contributed by atoms with E-state index in [1.165, 1.54) is 12.5 Å². The highest BCUT2D eigenvalue weighted by atomic mass is 16.3. The van der Waals surface area contributed by atoms with Crippen molar-refractivity contribution < 1.29 is 9.21 Å². The van der Waals surface area contributed by atoms with E-state index in [1.807, 2.05) is 12.1 Å². The van der Waals surface area contributed by atoms with Crippen LogP contribution in [0.25, 0.3) is 0 Å². The van der Waals surface area contributed by atoms with Crippen LogP contribution in [0.3, 0.4) is 0 Å². The zero-order valence-electron chi connectivity index (χ0n) is 8.72. The van der Waals surface area contributed by atoms with E-state index >= 15 is 0 Å². The van der Waals surface area contributed by atoms with Gasteiger partial charge < -0.3 is 9.73 Å². The second kappa shape index (κ2) is 5.11. The van der Waals surface area contributed by atoms with Gasteiger partial charge >= 0.3 is 0 Å². The quantitative estimate of drug-likeness (QED) is 0.845. The Hall–Kier alpha value is -2.10. The van der Waals surface area contributed by atoms with Crippen molar-refractivity contribution in [2.24, 2.45) is 0 Å². The molecule has 0 atom stereocenters. The molecule has 2 aromatic heterocycles. The first kappa shape index (κ1) is 10.4. The molecular formula is C12H12N2O2. The van der Waals surface area contributed by atoms with Crippen LogP contribution in [0.15, 0.2) is 47.5 Å². The average molecular weight is 216 g/mol. The van der Waals surface area contributed by atoms with E-state index in [-0.39, 0.29) is 5.91 Å². The summed E-state index contributed by atoms with van der Waals surface area (Å²) < 4.78 is 4.83. The molecular weight excluding hydrogens is 204 g/mol. The molecule has 0 aliphatic rings. The molecule has 0 saturated carbocycles. The number of carbonyl (C=O) groups is 1. The van der Waals surface area contributed by atoms with Gasteiger partial charge in [-0.15, -0.1) is 0 Å². The molecule has 4 nitrogen and oxygen atoms in total. The molecule has 4 heteroatoms. The number of nitrogens with one attached hydrogen (secondary N) is 1. The van der Waals surface area contributed by atoms with Crippen LogP contribution >= 0.6 is 0 Å². The van der Waals surface area contributed by atoms with Crippen LogP contribution in [-0.2, 0) is 6.42 Å². The fourth-order valence-corrected chi connectivity index (χ4v) is 1.36. The zero-order chi connectivity index (χ0) is 11.2. The summed E-state index contributed by atoms with van der Waals surface area (Å²) in [6, 6.07) is 5.50. The summed E-state index contributed by atoms with van der Waals surface area (Å²) in [6.45, 7) is 0.593. The van der Waals surface area contributed by atoms with Gasteiger partial charge in [0.1, 0.15) is 6.26 Å². The molecule has 0 aromatic carbocycles. The number of amides is 1. The van der Waals surface area contributed by atoms with Gasteiger partial charge in [0.05, 0.1) is 11.8 Å². The minimum Gasteiger partial charge on any atom is -0.472 e. The minimum atomic E-state index is -0.113. The molecule has 16 heavy (non-hydrogen) atoms. The van der Waals surface area contributed by atoms with Crippen molar-refractivity contribution in [2.45, 2.75) is 6.42 Å². The molecule has 82 valence electrons. The average Bonchev–Trinajstić information content (AvgIpc) is 2.84. The third kappa shape index (κ3) is 2.70. The van der Waals surface area contributed by atoms with Crippen molar-refractivity contribution in [3.63, 3.8) is 0 Å². The lowest BCUT2D eigenvalue weighted by molar-refractivity contribution is 0.0953. The number of hydrogen-bond acceptors (Lipinski definition) is 3. The zero-order valence-corrected chi connectivity index (χ0v) is 8.72. The normalized spacial score (nSPS) is 10.0. The molecule has 2 aromatic rings. The first-order valence-corrected chi connectivity index (χ1v) is 5.05. The van der Waals surface area contributed by atoms with Crippen molar-refractivity contribution >= 4 is 5.91 Å². The molecule has 0 saturated heterocycles. The number of pyridine rings is 1. The Morgan fingerprint density at radius 3 is 3.06 bits per heavy atom. The van der Waals surface area contributed by atoms with Gasteiger partial charge in [0, 0.05) is 18.9 Å². The first-order valence-electron chi connectivity index (χ1n) is 5.05. The fraction of sp³-hybridized carbons (Fsp3) is 0.167. The molecule has 0 spiro atoms. The van der Waals surface area contributed by atoms with Crippen LogP contribution in [0.2, 0.25) is 0 Å². The van der Waals surface area contributed by atoms with Crippen LogP contribution in [0, 0.1) is 0 Å². The molecule has 0 radical (unpaired) electrons. The molecule has 0 fully saturated rings. The topological polar surface area (TPSA) is 55.1 Å². The largest absolute Gasteiger partial charge is 0.472 e. The standard InChI is InChI=1S/C12H12N2O2/c15-12(11-4-7-16-9-11)14-6-3-10-2-1-5-13-8-10/h1-2,4-5,7-9H,3,6H2,(H,14,15). The van der Waals surface area contributed by atoms with E-state index in [1.54, 1.807) is 18.5 Å². The van der Waals surface area contributed by atoms with Gasteiger partial charge in [0.2, 0.25) is 0 Å². The van der Waals surface area contributed by atoms with Crippen molar-refractivity contribution in [3.8, 4) is 0 Å².